The number of aryl methyl sites for hydroxylation is 1. The molecule has 3 rings (SSSR count). The Labute approximate surface area is 213 Å². The van der Waals surface area contributed by atoms with Crippen LogP contribution in [0.1, 0.15) is 49.4 Å². The second-order valence-corrected chi connectivity index (χ2v) is 9.53. The Morgan fingerprint density at radius 3 is 1.86 bits per heavy atom. The summed E-state index contributed by atoms with van der Waals surface area (Å²) in [6.45, 7) is 7.43. The Morgan fingerprint density at radius 1 is 0.861 bits per heavy atom. The van der Waals surface area contributed by atoms with Gasteiger partial charge in [0, 0.05) is 23.1 Å². The molecule has 36 heavy (non-hydrogen) atoms. The van der Waals surface area contributed by atoms with E-state index in [-0.39, 0.29) is 6.42 Å². The highest BCUT2D eigenvalue weighted by atomic mass is 16.6. The van der Waals surface area contributed by atoms with E-state index < -0.39 is 23.6 Å². The van der Waals surface area contributed by atoms with Gasteiger partial charge >= 0.3 is 11.9 Å². The molecule has 3 aromatic carbocycles. The van der Waals surface area contributed by atoms with Crippen molar-refractivity contribution in [2.45, 2.75) is 45.8 Å². The van der Waals surface area contributed by atoms with Crippen molar-refractivity contribution < 1.29 is 19.1 Å². The lowest BCUT2D eigenvalue weighted by atomic mass is 9.99. The smallest absolute Gasteiger partial charge is 0.333 e. The van der Waals surface area contributed by atoms with Gasteiger partial charge in [0.1, 0.15) is 5.60 Å². The number of ether oxygens (including phenoxy) is 2. The SMILES string of the molecule is COC(=O)/C(=C\c1ccc(C)cc1)CC(N=C(c1ccccc1)c1ccccc1)C(=O)OC(C)(C)C. The maximum Gasteiger partial charge on any atom is 0.333 e. The molecule has 0 radical (unpaired) electrons. The Kier molecular flexibility index (Phi) is 8.96. The first-order chi connectivity index (χ1) is 17.2. The molecule has 0 fully saturated rings. The molecule has 0 bridgehead atoms. The summed E-state index contributed by atoms with van der Waals surface area (Å²) in [7, 11) is 1.33. The van der Waals surface area contributed by atoms with Crippen molar-refractivity contribution in [3.8, 4) is 0 Å². The topological polar surface area (TPSA) is 65.0 Å². The van der Waals surface area contributed by atoms with Crippen LogP contribution < -0.4 is 0 Å². The number of esters is 2. The molecule has 0 spiro atoms. The third-order valence-corrected chi connectivity index (χ3v) is 5.34. The van der Waals surface area contributed by atoms with Crippen LogP contribution in [0.15, 0.2) is 95.5 Å². The first kappa shape index (κ1) is 26.6. The molecular weight excluding hydrogens is 450 g/mol. The molecule has 5 heteroatoms. The van der Waals surface area contributed by atoms with Gasteiger partial charge < -0.3 is 9.47 Å². The number of aliphatic imine (C=N–C) groups is 1. The minimum Gasteiger partial charge on any atom is -0.466 e. The van der Waals surface area contributed by atoms with Crippen molar-refractivity contribution in [3.63, 3.8) is 0 Å². The zero-order chi connectivity index (χ0) is 26.1. The van der Waals surface area contributed by atoms with Crippen molar-refractivity contribution in [3.05, 3.63) is 113 Å². The quantitative estimate of drug-likeness (QED) is 0.218. The average Bonchev–Trinajstić information content (AvgIpc) is 2.86. The normalized spacial score (nSPS) is 12.4. The average molecular weight is 484 g/mol. The van der Waals surface area contributed by atoms with Crippen molar-refractivity contribution >= 4 is 23.7 Å². The molecule has 3 aromatic rings. The molecule has 0 saturated heterocycles. The number of hydrogen-bond donors (Lipinski definition) is 0. The number of carbonyl (C=O) groups excluding carboxylic acids is 2. The molecule has 0 aliphatic heterocycles. The van der Waals surface area contributed by atoms with Crippen LogP contribution in [0, 0.1) is 6.92 Å². The van der Waals surface area contributed by atoms with E-state index in [1.54, 1.807) is 6.08 Å². The maximum absolute atomic E-state index is 13.4. The minimum atomic E-state index is -0.963. The van der Waals surface area contributed by atoms with Crippen molar-refractivity contribution in [1.29, 1.82) is 0 Å². The first-order valence-electron chi connectivity index (χ1n) is 11.9. The summed E-state index contributed by atoms with van der Waals surface area (Å²) in [6, 6.07) is 26.1. The zero-order valence-corrected chi connectivity index (χ0v) is 21.5. The molecule has 1 atom stereocenters. The van der Waals surface area contributed by atoms with E-state index in [9.17, 15) is 9.59 Å². The summed E-state index contributed by atoms with van der Waals surface area (Å²) < 4.78 is 10.8. The molecular formula is C31H33NO4. The number of benzene rings is 3. The molecule has 0 heterocycles. The number of nitrogens with zero attached hydrogens (tertiary/aromatic N) is 1. The molecule has 1 unspecified atom stereocenters. The molecule has 0 amide bonds. The second kappa shape index (κ2) is 12.1. The largest absolute Gasteiger partial charge is 0.466 e. The van der Waals surface area contributed by atoms with E-state index in [1.807, 2.05) is 113 Å². The van der Waals surface area contributed by atoms with Gasteiger partial charge in [-0.05, 0) is 39.3 Å². The maximum atomic E-state index is 13.4. The highest BCUT2D eigenvalue weighted by Gasteiger charge is 2.29. The monoisotopic (exact) mass is 483 g/mol. The van der Waals surface area contributed by atoms with Gasteiger partial charge in [-0.15, -0.1) is 0 Å². The third-order valence-electron chi connectivity index (χ3n) is 5.34. The summed E-state index contributed by atoms with van der Waals surface area (Å²) in [5.74, 6) is -1.02. The van der Waals surface area contributed by atoms with Gasteiger partial charge in [-0.25, -0.2) is 9.59 Å². The molecule has 0 aliphatic carbocycles. The number of rotatable bonds is 8. The van der Waals surface area contributed by atoms with Crippen molar-refractivity contribution in [2.75, 3.05) is 7.11 Å². The lowest BCUT2D eigenvalue weighted by Crippen LogP contribution is -2.32. The Balaban J connectivity index is 2.12. The van der Waals surface area contributed by atoms with Gasteiger partial charge in [-0.1, -0.05) is 90.5 Å². The molecule has 0 N–H and O–H groups in total. The fourth-order valence-electron chi connectivity index (χ4n) is 3.62. The van der Waals surface area contributed by atoms with Crippen molar-refractivity contribution in [2.24, 2.45) is 4.99 Å². The van der Waals surface area contributed by atoms with E-state index in [2.05, 4.69) is 0 Å². The Bertz CT molecular complexity index is 1180. The Morgan fingerprint density at radius 2 is 1.39 bits per heavy atom. The van der Waals surface area contributed by atoms with Crippen LogP contribution in [-0.4, -0.2) is 36.4 Å². The van der Waals surface area contributed by atoms with Gasteiger partial charge in [-0.2, -0.15) is 0 Å². The fraction of sp³-hybridized carbons (Fsp3) is 0.258. The number of methoxy groups -OCH3 is 1. The van der Waals surface area contributed by atoms with E-state index in [1.165, 1.54) is 7.11 Å². The van der Waals surface area contributed by atoms with E-state index in [0.717, 1.165) is 22.3 Å². The van der Waals surface area contributed by atoms with Gasteiger partial charge in [0.25, 0.3) is 0 Å². The number of carbonyl (C=O) groups is 2. The van der Waals surface area contributed by atoms with Gasteiger partial charge in [0.15, 0.2) is 6.04 Å². The fourth-order valence-corrected chi connectivity index (χ4v) is 3.62. The minimum absolute atomic E-state index is 0.0264. The second-order valence-electron chi connectivity index (χ2n) is 9.53. The van der Waals surface area contributed by atoms with E-state index in [0.29, 0.717) is 11.3 Å². The standard InChI is InChI=1S/C31H33NO4/c1-22-16-18-23(19-17-22)20-26(29(33)35-5)21-27(30(34)36-31(2,3)4)32-28(24-12-8-6-9-13-24)25-14-10-7-11-15-25/h6-20,27H,21H2,1-5H3/b26-20-. The van der Waals surface area contributed by atoms with E-state index in [4.69, 9.17) is 14.5 Å². The van der Waals surface area contributed by atoms with Gasteiger partial charge in [-0.3, -0.25) is 4.99 Å². The van der Waals surface area contributed by atoms with Crippen molar-refractivity contribution in [1.82, 2.24) is 0 Å². The van der Waals surface area contributed by atoms with Gasteiger partial charge in [0.2, 0.25) is 0 Å². The third kappa shape index (κ3) is 7.77. The van der Waals surface area contributed by atoms with Crippen LogP contribution >= 0.6 is 0 Å². The van der Waals surface area contributed by atoms with Crippen LogP contribution in [0.3, 0.4) is 0 Å². The van der Waals surface area contributed by atoms with Crippen LogP contribution in [0.5, 0.6) is 0 Å². The zero-order valence-electron chi connectivity index (χ0n) is 21.5. The van der Waals surface area contributed by atoms with Crippen LogP contribution in [0.2, 0.25) is 0 Å². The molecule has 0 aliphatic rings. The highest BCUT2D eigenvalue weighted by molar-refractivity contribution is 6.13. The molecule has 0 saturated carbocycles. The predicted octanol–water partition coefficient (Wildman–Crippen LogP) is 6.19. The van der Waals surface area contributed by atoms with E-state index >= 15 is 0 Å². The molecule has 0 aromatic heterocycles. The van der Waals surface area contributed by atoms with Crippen LogP contribution in [0.25, 0.3) is 6.08 Å². The molecule has 186 valence electrons. The first-order valence-corrected chi connectivity index (χ1v) is 11.9. The number of hydrogen-bond acceptors (Lipinski definition) is 5. The van der Waals surface area contributed by atoms with Crippen LogP contribution in [-0.2, 0) is 19.1 Å². The highest BCUT2D eigenvalue weighted by Crippen LogP contribution is 2.22. The Hall–Kier alpha value is -3.99. The molecule has 5 nitrogen and oxygen atoms in total. The summed E-state index contributed by atoms with van der Waals surface area (Å²) >= 11 is 0. The predicted molar refractivity (Wildman–Crippen MR) is 144 cm³/mol. The lowest BCUT2D eigenvalue weighted by molar-refractivity contribution is -0.156. The van der Waals surface area contributed by atoms with Crippen LogP contribution in [0.4, 0.5) is 0 Å². The summed E-state index contributed by atoms with van der Waals surface area (Å²) in [5.41, 5.74) is 3.93. The lowest BCUT2D eigenvalue weighted by Gasteiger charge is -2.23. The summed E-state index contributed by atoms with van der Waals surface area (Å²) in [5, 5.41) is 0. The summed E-state index contributed by atoms with van der Waals surface area (Å²) in [6.07, 6.45) is 1.77. The summed E-state index contributed by atoms with van der Waals surface area (Å²) in [4.78, 5) is 31.1. The van der Waals surface area contributed by atoms with Gasteiger partial charge in [0.05, 0.1) is 12.8 Å².